The number of hydrogen-bond donors (Lipinski definition) is 0. The predicted octanol–water partition coefficient (Wildman–Crippen LogP) is 1.87. The molecule has 0 aliphatic rings. The van der Waals surface area contributed by atoms with Gasteiger partial charge in [-0.25, -0.2) is 4.79 Å². The van der Waals surface area contributed by atoms with Crippen LogP contribution in [-0.2, 0) is 14.3 Å². The Balaban J connectivity index is 3.24. The number of nitro groups is 2. The summed E-state index contributed by atoms with van der Waals surface area (Å²) in [5, 5.41) is 21.9. The number of ketones is 1. The van der Waals surface area contributed by atoms with Gasteiger partial charge >= 0.3 is 12.0 Å². The van der Waals surface area contributed by atoms with Crippen LogP contribution in [-0.4, -0.2) is 34.2 Å². The molecular weight excluding hydrogens is 308 g/mol. The minimum atomic E-state index is -1.75. The van der Waals surface area contributed by atoms with Crippen LogP contribution in [0.15, 0.2) is 24.3 Å². The van der Waals surface area contributed by atoms with Crippen molar-refractivity contribution in [3.05, 3.63) is 50.1 Å². The molecule has 1 unspecified atom stereocenters. The number of carbonyl (C=O) groups excluding carboxylic acids is 2. The van der Waals surface area contributed by atoms with E-state index in [1.165, 1.54) is 38.1 Å². The third kappa shape index (κ3) is 4.83. The molecule has 0 N–H and O–H groups in total. The molecule has 0 aliphatic heterocycles. The summed E-state index contributed by atoms with van der Waals surface area (Å²) in [6, 6.07) is 3.21. The van der Waals surface area contributed by atoms with E-state index in [2.05, 4.69) is 0 Å². The lowest BCUT2D eigenvalue weighted by atomic mass is 9.87. The standard InChI is InChI=1S/C14H16N2O7/c1-3-23-14(18)13(16(21)22)12(8-9(2)17)10-4-6-11(7-5-10)15(19)20/h4-7,12-13H,3,8H2,1-2H3/t12-,13?/m1/s1. The molecule has 0 heterocycles. The third-order valence-corrected chi connectivity index (χ3v) is 3.18. The highest BCUT2D eigenvalue weighted by Crippen LogP contribution is 2.28. The van der Waals surface area contributed by atoms with E-state index < -0.39 is 27.8 Å². The summed E-state index contributed by atoms with van der Waals surface area (Å²) < 4.78 is 4.71. The van der Waals surface area contributed by atoms with E-state index in [-0.39, 0.29) is 24.5 Å². The van der Waals surface area contributed by atoms with Crippen LogP contribution in [0.5, 0.6) is 0 Å². The van der Waals surface area contributed by atoms with Crippen LogP contribution in [0.3, 0.4) is 0 Å². The van der Waals surface area contributed by atoms with Gasteiger partial charge in [-0.05, 0) is 19.4 Å². The lowest BCUT2D eigenvalue weighted by Crippen LogP contribution is -2.38. The van der Waals surface area contributed by atoms with Crippen LogP contribution in [0.1, 0.15) is 31.7 Å². The van der Waals surface area contributed by atoms with Gasteiger partial charge in [0.1, 0.15) is 5.78 Å². The number of Topliss-reactive ketones (excluding diaryl/α,β-unsaturated/α-hetero) is 1. The lowest BCUT2D eigenvalue weighted by Gasteiger charge is -2.19. The van der Waals surface area contributed by atoms with E-state index in [0.717, 1.165) is 0 Å². The molecule has 124 valence electrons. The molecule has 0 saturated carbocycles. The van der Waals surface area contributed by atoms with E-state index in [0.29, 0.717) is 5.56 Å². The van der Waals surface area contributed by atoms with Crippen molar-refractivity contribution in [3.8, 4) is 0 Å². The van der Waals surface area contributed by atoms with Gasteiger partial charge in [-0.2, -0.15) is 0 Å². The van der Waals surface area contributed by atoms with E-state index in [1.54, 1.807) is 0 Å². The van der Waals surface area contributed by atoms with Crippen molar-refractivity contribution in [2.75, 3.05) is 6.61 Å². The van der Waals surface area contributed by atoms with Crippen LogP contribution in [0, 0.1) is 20.2 Å². The molecule has 1 rings (SSSR count). The average Bonchev–Trinajstić information content (AvgIpc) is 2.46. The van der Waals surface area contributed by atoms with Gasteiger partial charge in [0.05, 0.1) is 17.4 Å². The quantitative estimate of drug-likeness (QED) is 0.405. The molecule has 1 aromatic rings. The Bertz CT molecular complexity index is 612. The molecule has 0 radical (unpaired) electrons. The van der Waals surface area contributed by atoms with Gasteiger partial charge in [0.2, 0.25) is 0 Å². The third-order valence-electron chi connectivity index (χ3n) is 3.18. The summed E-state index contributed by atoms with van der Waals surface area (Å²) in [6.07, 6.45) is -0.248. The molecule has 1 aromatic carbocycles. The van der Waals surface area contributed by atoms with Gasteiger partial charge in [-0.3, -0.25) is 20.2 Å². The van der Waals surface area contributed by atoms with Crippen molar-refractivity contribution < 1.29 is 24.2 Å². The number of nitro benzene ring substituents is 1. The molecule has 0 amide bonds. The van der Waals surface area contributed by atoms with Crippen molar-refractivity contribution >= 4 is 17.4 Å². The van der Waals surface area contributed by atoms with Gasteiger partial charge in [0.15, 0.2) is 0 Å². The SMILES string of the molecule is CCOC(=O)C([C@H](CC(C)=O)c1ccc([N+](=O)[O-])cc1)[N+](=O)[O-]. The van der Waals surface area contributed by atoms with Crippen molar-refractivity contribution in [2.24, 2.45) is 0 Å². The summed E-state index contributed by atoms with van der Waals surface area (Å²) in [7, 11) is 0. The van der Waals surface area contributed by atoms with Crippen LogP contribution >= 0.6 is 0 Å². The topological polar surface area (TPSA) is 130 Å². The Morgan fingerprint density at radius 1 is 1.17 bits per heavy atom. The first-order chi connectivity index (χ1) is 10.8. The highest BCUT2D eigenvalue weighted by atomic mass is 16.6. The fourth-order valence-electron chi connectivity index (χ4n) is 2.19. The normalized spacial score (nSPS) is 13.0. The summed E-state index contributed by atoms with van der Waals surface area (Å²) in [4.78, 5) is 43.8. The van der Waals surface area contributed by atoms with Crippen molar-refractivity contribution in [3.63, 3.8) is 0 Å². The average molecular weight is 324 g/mol. The zero-order valence-corrected chi connectivity index (χ0v) is 12.6. The van der Waals surface area contributed by atoms with E-state index in [9.17, 15) is 29.8 Å². The molecule has 2 atom stereocenters. The molecular formula is C14H16N2O7. The van der Waals surface area contributed by atoms with Gasteiger partial charge in [0.25, 0.3) is 5.69 Å². The molecule has 0 bridgehead atoms. The highest BCUT2D eigenvalue weighted by molar-refractivity contribution is 5.80. The monoisotopic (exact) mass is 324 g/mol. The van der Waals surface area contributed by atoms with Gasteiger partial charge < -0.3 is 9.53 Å². The molecule has 23 heavy (non-hydrogen) atoms. The minimum absolute atomic E-state index is 0.0315. The molecule has 0 spiro atoms. The molecule has 0 aliphatic carbocycles. The maximum atomic E-state index is 11.9. The summed E-state index contributed by atoms with van der Waals surface area (Å²) in [6.45, 7) is 2.73. The van der Waals surface area contributed by atoms with Gasteiger partial charge in [0, 0.05) is 23.5 Å². The van der Waals surface area contributed by atoms with Crippen LogP contribution in [0.4, 0.5) is 5.69 Å². The lowest BCUT2D eigenvalue weighted by molar-refractivity contribution is -0.514. The Morgan fingerprint density at radius 3 is 2.13 bits per heavy atom. The second kappa shape index (κ2) is 7.97. The fraction of sp³-hybridized carbons (Fsp3) is 0.429. The second-order valence-electron chi connectivity index (χ2n) is 4.84. The Morgan fingerprint density at radius 2 is 1.74 bits per heavy atom. The minimum Gasteiger partial charge on any atom is -0.461 e. The van der Waals surface area contributed by atoms with Crippen LogP contribution < -0.4 is 0 Å². The fourth-order valence-corrected chi connectivity index (χ4v) is 2.19. The number of rotatable bonds is 8. The molecule has 0 saturated heterocycles. The largest absolute Gasteiger partial charge is 0.461 e. The maximum Gasteiger partial charge on any atom is 0.382 e. The summed E-state index contributed by atoms with van der Waals surface area (Å²) in [5.41, 5.74) is 0.102. The number of esters is 1. The van der Waals surface area contributed by atoms with Gasteiger partial charge in [-0.15, -0.1) is 0 Å². The van der Waals surface area contributed by atoms with E-state index >= 15 is 0 Å². The molecule has 9 heteroatoms. The first-order valence-electron chi connectivity index (χ1n) is 6.81. The van der Waals surface area contributed by atoms with Crippen molar-refractivity contribution in [1.82, 2.24) is 0 Å². The van der Waals surface area contributed by atoms with E-state index in [4.69, 9.17) is 4.74 Å². The first kappa shape index (κ1) is 18.2. The van der Waals surface area contributed by atoms with Crippen LogP contribution in [0.25, 0.3) is 0 Å². The number of nitrogens with zero attached hydrogens (tertiary/aromatic N) is 2. The van der Waals surface area contributed by atoms with Gasteiger partial charge in [-0.1, -0.05) is 12.1 Å². The van der Waals surface area contributed by atoms with Crippen molar-refractivity contribution in [1.29, 1.82) is 0 Å². The second-order valence-corrected chi connectivity index (χ2v) is 4.84. The number of carbonyl (C=O) groups is 2. The summed E-state index contributed by atoms with van der Waals surface area (Å²) in [5.74, 6) is -2.44. The zero-order valence-electron chi connectivity index (χ0n) is 12.6. The predicted molar refractivity (Wildman–Crippen MR) is 78.6 cm³/mol. The molecule has 0 fully saturated rings. The summed E-state index contributed by atoms with van der Waals surface area (Å²) >= 11 is 0. The first-order valence-corrected chi connectivity index (χ1v) is 6.81. The number of ether oxygens (including phenoxy) is 1. The molecule has 9 nitrogen and oxygen atoms in total. The Hall–Kier alpha value is -2.84. The molecule has 0 aromatic heterocycles. The Kier molecular flexibility index (Phi) is 6.31. The maximum absolute atomic E-state index is 11.9. The number of hydrogen-bond acceptors (Lipinski definition) is 7. The highest BCUT2D eigenvalue weighted by Gasteiger charge is 2.41. The van der Waals surface area contributed by atoms with Crippen molar-refractivity contribution in [2.45, 2.75) is 32.2 Å². The zero-order chi connectivity index (χ0) is 17.6. The Labute approximate surface area is 131 Å². The number of non-ortho nitro benzene ring substituents is 1. The van der Waals surface area contributed by atoms with E-state index in [1.807, 2.05) is 0 Å². The smallest absolute Gasteiger partial charge is 0.382 e. The number of benzene rings is 1. The van der Waals surface area contributed by atoms with Crippen LogP contribution in [0.2, 0.25) is 0 Å².